The molecule has 0 heteroatoms. The minimum Gasteiger partial charge on any atom is -0.103 e. The summed E-state index contributed by atoms with van der Waals surface area (Å²) in [5, 5.41) is 0. The molecule has 1 rings (SSSR count). The summed E-state index contributed by atoms with van der Waals surface area (Å²) in [6.45, 7) is 8.25. The van der Waals surface area contributed by atoms with Gasteiger partial charge in [-0.3, -0.25) is 0 Å². The Morgan fingerprint density at radius 2 is 0.933 bits per heavy atom. The third kappa shape index (κ3) is 19.8. The van der Waals surface area contributed by atoms with Crippen molar-refractivity contribution in [1.82, 2.24) is 0 Å². The van der Waals surface area contributed by atoms with E-state index in [0.29, 0.717) is 0 Å². The van der Waals surface area contributed by atoms with Crippen LogP contribution in [0.4, 0.5) is 0 Å². The molecular formula is C15H30. The lowest BCUT2D eigenvalue weighted by Gasteiger charge is -1.99. The summed E-state index contributed by atoms with van der Waals surface area (Å²) >= 11 is 0. The van der Waals surface area contributed by atoms with E-state index in [1.807, 2.05) is 13.8 Å². The van der Waals surface area contributed by atoms with E-state index in [1.165, 1.54) is 44.9 Å². The molecule has 1 aliphatic carbocycles. The van der Waals surface area contributed by atoms with E-state index in [2.05, 4.69) is 25.7 Å². The molecule has 0 saturated heterocycles. The molecule has 0 aromatic rings. The zero-order valence-electron chi connectivity index (χ0n) is 11.4. The summed E-state index contributed by atoms with van der Waals surface area (Å²) in [4.78, 5) is 0. The van der Waals surface area contributed by atoms with Crippen LogP contribution in [0.2, 0.25) is 0 Å². The van der Waals surface area contributed by atoms with Gasteiger partial charge in [0.2, 0.25) is 0 Å². The van der Waals surface area contributed by atoms with Crippen LogP contribution >= 0.6 is 0 Å². The van der Waals surface area contributed by atoms with Crippen molar-refractivity contribution in [3.05, 3.63) is 0 Å². The molecule has 0 nitrogen and oxygen atoms in total. The average Bonchev–Trinajstić information content (AvgIpc) is 2.30. The van der Waals surface area contributed by atoms with Crippen molar-refractivity contribution in [3.63, 3.8) is 0 Å². The van der Waals surface area contributed by atoms with Crippen molar-refractivity contribution >= 4 is 0 Å². The van der Waals surface area contributed by atoms with E-state index in [-0.39, 0.29) is 0 Å². The summed E-state index contributed by atoms with van der Waals surface area (Å²) in [7, 11) is 0. The summed E-state index contributed by atoms with van der Waals surface area (Å²) < 4.78 is 0. The van der Waals surface area contributed by atoms with Crippen LogP contribution in [0.25, 0.3) is 0 Å². The largest absolute Gasteiger partial charge is 0.103 e. The van der Waals surface area contributed by atoms with E-state index in [4.69, 9.17) is 0 Å². The molecule has 0 saturated carbocycles. The summed E-state index contributed by atoms with van der Waals surface area (Å²) in [6.07, 6.45) is 11.8. The number of hydrogen-bond acceptors (Lipinski definition) is 0. The molecule has 0 bridgehead atoms. The molecule has 1 aliphatic rings. The van der Waals surface area contributed by atoms with Gasteiger partial charge < -0.3 is 0 Å². The quantitative estimate of drug-likeness (QED) is 0.459. The maximum atomic E-state index is 3.20. The van der Waals surface area contributed by atoms with Crippen LogP contribution in [-0.2, 0) is 0 Å². The predicted molar refractivity (Wildman–Crippen MR) is 72.0 cm³/mol. The normalized spacial score (nSPS) is 15.5. The van der Waals surface area contributed by atoms with Gasteiger partial charge in [-0.2, -0.15) is 0 Å². The average molecular weight is 210 g/mol. The Hall–Kier alpha value is -0.440. The highest BCUT2D eigenvalue weighted by Crippen LogP contribution is 2.09. The van der Waals surface area contributed by atoms with Gasteiger partial charge in [-0.15, -0.1) is 11.8 Å². The molecular weight excluding hydrogens is 180 g/mol. The zero-order chi connectivity index (χ0) is 11.8. The number of rotatable bonds is 0. The second-order valence-electron chi connectivity index (χ2n) is 3.68. The third-order valence-corrected chi connectivity index (χ3v) is 1.98. The van der Waals surface area contributed by atoms with Gasteiger partial charge in [0, 0.05) is 12.8 Å². The molecule has 0 aromatic heterocycles. The minimum atomic E-state index is 1.14. The smallest absolute Gasteiger partial charge is 0.00886 e. The molecule has 0 unspecified atom stereocenters. The standard InChI is InChI=1S/C10H16.C3H8.C2H6/c1-2-4-6-8-10-9-7-5-3-1;1-3-2;1-2/h1-8H2;3H2,1-2H3;1-2H3. The summed E-state index contributed by atoms with van der Waals surface area (Å²) in [6, 6.07) is 0. The third-order valence-electron chi connectivity index (χ3n) is 1.98. The first-order valence-electron chi connectivity index (χ1n) is 6.87. The SMILES string of the molecule is C1#CCCCCCCCC1.CC.CCC. The van der Waals surface area contributed by atoms with E-state index in [9.17, 15) is 0 Å². The zero-order valence-corrected chi connectivity index (χ0v) is 11.4. The molecule has 0 fully saturated rings. The summed E-state index contributed by atoms with van der Waals surface area (Å²) in [5.41, 5.74) is 0. The lowest BCUT2D eigenvalue weighted by molar-refractivity contribution is 0.600. The maximum absolute atomic E-state index is 3.20. The first kappa shape index (κ1) is 17.0. The second kappa shape index (κ2) is 19.2. The van der Waals surface area contributed by atoms with Gasteiger partial charge in [0.05, 0.1) is 0 Å². The van der Waals surface area contributed by atoms with Gasteiger partial charge in [0.1, 0.15) is 0 Å². The van der Waals surface area contributed by atoms with Gasteiger partial charge in [-0.1, -0.05) is 59.8 Å². The highest BCUT2D eigenvalue weighted by Gasteiger charge is 1.91. The Morgan fingerprint density at radius 3 is 1.27 bits per heavy atom. The Balaban J connectivity index is 0. The van der Waals surface area contributed by atoms with E-state index in [1.54, 1.807) is 0 Å². The Labute approximate surface area is 97.9 Å². The van der Waals surface area contributed by atoms with Crippen molar-refractivity contribution < 1.29 is 0 Å². The highest BCUT2D eigenvalue weighted by molar-refractivity contribution is 4.98. The van der Waals surface area contributed by atoms with Crippen molar-refractivity contribution in [1.29, 1.82) is 0 Å². The predicted octanol–water partition coefficient (Wildman–Crippen LogP) is 5.57. The molecule has 90 valence electrons. The summed E-state index contributed by atoms with van der Waals surface area (Å²) in [5.74, 6) is 6.41. The van der Waals surface area contributed by atoms with Crippen molar-refractivity contribution in [3.8, 4) is 11.8 Å². The minimum absolute atomic E-state index is 1.14. The topological polar surface area (TPSA) is 0 Å². The lowest BCUT2D eigenvalue weighted by atomic mass is 10.1. The van der Waals surface area contributed by atoms with E-state index >= 15 is 0 Å². The van der Waals surface area contributed by atoms with Crippen molar-refractivity contribution in [2.75, 3.05) is 0 Å². The van der Waals surface area contributed by atoms with Gasteiger partial charge in [0.15, 0.2) is 0 Å². The Kier molecular flexibility index (Phi) is 21.7. The molecule has 15 heavy (non-hydrogen) atoms. The van der Waals surface area contributed by atoms with E-state index in [0.717, 1.165) is 12.8 Å². The van der Waals surface area contributed by atoms with Crippen molar-refractivity contribution in [2.45, 2.75) is 85.5 Å². The molecule has 0 N–H and O–H groups in total. The fourth-order valence-electron chi connectivity index (χ4n) is 1.31. The van der Waals surface area contributed by atoms with Gasteiger partial charge in [0.25, 0.3) is 0 Å². The fraction of sp³-hybridized carbons (Fsp3) is 0.867. The van der Waals surface area contributed by atoms with Crippen molar-refractivity contribution in [2.24, 2.45) is 0 Å². The van der Waals surface area contributed by atoms with Crippen LogP contribution in [0.3, 0.4) is 0 Å². The van der Waals surface area contributed by atoms with Crippen LogP contribution in [0.15, 0.2) is 0 Å². The molecule has 0 aliphatic heterocycles. The maximum Gasteiger partial charge on any atom is 0.00886 e. The van der Waals surface area contributed by atoms with Crippen LogP contribution in [0.5, 0.6) is 0 Å². The van der Waals surface area contributed by atoms with Crippen LogP contribution in [0, 0.1) is 11.8 Å². The second-order valence-corrected chi connectivity index (χ2v) is 3.68. The van der Waals surface area contributed by atoms with Crippen LogP contribution in [0.1, 0.15) is 85.5 Å². The lowest BCUT2D eigenvalue weighted by Crippen LogP contribution is -1.81. The Morgan fingerprint density at radius 1 is 0.667 bits per heavy atom. The molecule has 0 heterocycles. The molecule has 0 amide bonds. The first-order chi connectivity index (χ1) is 7.41. The highest BCUT2D eigenvalue weighted by atomic mass is 14.0. The Bertz CT molecular complexity index is 122. The molecule has 0 radical (unpaired) electrons. The molecule has 0 spiro atoms. The van der Waals surface area contributed by atoms with Gasteiger partial charge in [-0.25, -0.2) is 0 Å². The first-order valence-corrected chi connectivity index (χ1v) is 6.87. The molecule has 0 atom stereocenters. The van der Waals surface area contributed by atoms with Crippen LogP contribution in [-0.4, -0.2) is 0 Å². The van der Waals surface area contributed by atoms with Gasteiger partial charge in [-0.05, 0) is 12.8 Å². The van der Waals surface area contributed by atoms with Crippen LogP contribution < -0.4 is 0 Å². The van der Waals surface area contributed by atoms with E-state index < -0.39 is 0 Å². The van der Waals surface area contributed by atoms with Gasteiger partial charge >= 0.3 is 0 Å². The monoisotopic (exact) mass is 210 g/mol. The fourth-order valence-corrected chi connectivity index (χ4v) is 1.31. The molecule has 0 aromatic carbocycles. The number of hydrogen-bond donors (Lipinski definition) is 0.